The highest BCUT2D eigenvalue weighted by Gasteiger charge is 2.40. The molecule has 82 valence electrons. The van der Waals surface area contributed by atoms with Crippen molar-refractivity contribution >= 4 is 5.78 Å². The van der Waals surface area contributed by atoms with Gasteiger partial charge in [-0.05, 0) is 12.3 Å². The van der Waals surface area contributed by atoms with Crippen LogP contribution in [0.15, 0.2) is 0 Å². The van der Waals surface area contributed by atoms with Crippen molar-refractivity contribution in [2.24, 2.45) is 11.8 Å². The average molecular weight is 204 g/mol. The lowest BCUT2D eigenvalue weighted by molar-refractivity contribution is -0.348. The first-order valence-electron chi connectivity index (χ1n) is 4.68. The molecule has 1 heterocycles. The molecule has 1 aliphatic rings. The monoisotopic (exact) mass is 204 g/mol. The second-order valence-electron chi connectivity index (χ2n) is 3.79. The van der Waals surface area contributed by atoms with Crippen LogP contribution in [-0.2, 0) is 9.53 Å². The molecule has 14 heavy (non-hydrogen) atoms. The van der Waals surface area contributed by atoms with E-state index in [1.165, 1.54) is 0 Å². The molecule has 0 spiro atoms. The topological polar surface area (TPSA) is 87.0 Å². The highest BCUT2D eigenvalue weighted by molar-refractivity contribution is 5.82. The van der Waals surface area contributed by atoms with Crippen LogP contribution in [0.25, 0.3) is 0 Å². The van der Waals surface area contributed by atoms with E-state index in [2.05, 4.69) is 0 Å². The highest BCUT2D eigenvalue weighted by atomic mass is 16.8. The van der Waals surface area contributed by atoms with Crippen molar-refractivity contribution in [2.75, 3.05) is 13.2 Å². The van der Waals surface area contributed by atoms with Crippen molar-refractivity contribution in [3.8, 4) is 0 Å². The molecule has 2 unspecified atom stereocenters. The van der Waals surface area contributed by atoms with Gasteiger partial charge in [0.2, 0.25) is 0 Å². The van der Waals surface area contributed by atoms with Gasteiger partial charge in [-0.25, -0.2) is 0 Å². The van der Waals surface area contributed by atoms with E-state index >= 15 is 0 Å². The van der Waals surface area contributed by atoms with Crippen LogP contribution in [0.3, 0.4) is 0 Å². The molecule has 0 aromatic rings. The SMILES string of the molecule is CC(CCO)C1COC(O)(O)CC1=O. The molecule has 1 saturated heterocycles. The summed E-state index contributed by atoms with van der Waals surface area (Å²) in [5.74, 6) is -2.85. The normalized spacial score (nSPS) is 28.9. The zero-order chi connectivity index (χ0) is 10.8. The summed E-state index contributed by atoms with van der Waals surface area (Å²) in [6.45, 7) is 1.87. The second kappa shape index (κ2) is 4.35. The lowest BCUT2D eigenvalue weighted by atomic mass is 9.85. The largest absolute Gasteiger partial charge is 0.396 e. The Bertz CT molecular complexity index is 213. The molecule has 0 saturated carbocycles. The molecule has 3 N–H and O–H groups in total. The van der Waals surface area contributed by atoms with Gasteiger partial charge in [-0.3, -0.25) is 4.79 Å². The number of ketones is 1. The number of hydrogen-bond donors (Lipinski definition) is 3. The van der Waals surface area contributed by atoms with Crippen molar-refractivity contribution in [1.29, 1.82) is 0 Å². The smallest absolute Gasteiger partial charge is 0.285 e. The molecule has 5 nitrogen and oxygen atoms in total. The van der Waals surface area contributed by atoms with Gasteiger partial charge < -0.3 is 20.1 Å². The van der Waals surface area contributed by atoms with Crippen molar-refractivity contribution in [2.45, 2.75) is 25.7 Å². The molecule has 0 aromatic heterocycles. The molecule has 0 aromatic carbocycles. The van der Waals surface area contributed by atoms with Crippen LogP contribution in [0.4, 0.5) is 0 Å². The summed E-state index contributed by atoms with van der Waals surface area (Å²) in [5, 5.41) is 26.8. The van der Waals surface area contributed by atoms with E-state index < -0.39 is 12.4 Å². The van der Waals surface area contributed by atoms with Crippen molar-refractivity contribution in [3.63, 3.8) is 0 Å². The number of aliphatic hydroxyl groups is 3. The molecule has 0 aliphatic carbocycles. The third kappa shape index (κ3) is 2.75. The Morgan fingerprint density at radius 2 is 2.29 bits per heavy atom. The number of Topliss-reactive ketones (excluding diaryl/α,β-unsaturated/α-hetero) is 1. The number of carbonyl (C=O) groups is 1. The van der Waals surface area contributed by atoms with Gasteiger partial charge in [-0.15, -0.1) is 0 Å². The van der Waals surface area contributed by atoms with Crippen LogP contribution in [0.2, 0.25) is 0 Å². The Labute approximate surface area is 82.3 Å². The van der Waals surface area contributed by atoms with E-state index in [0.29, 0.717) is 6.42 Å². The van der Waals surface area contributed by atoms with Gasteiger partial charge in [0.1, 0.15) is 5.78 Å². The fourth-order valence-electron chi connectivity index (χ4n) is 1.61. The van der Waals surface area contributed by atoms with Crippen molar-refractivity contribution < 1.29 is 24.9 Å². The predicted octanol–water partition coefficient (Wildman–Crippen LogP) is -0.751. The zero-order valence-electron chi connectivity index (χ0n) is 8.14. The van der Waals surface area contributed by atoms with Crippen molar-refractivity contribution in [1.82, 2.24) is 0 Å². The second-order valence-corrected chi connectivity index (χ2v) is 3.79. The van der Waals surface area contributed by atoms with Gasteiger partial charge in [0.05, 0.1) is 13.0 Å². The molecule has 0 amide bonds. The maximum absolute atomic E-state index is 11.4. The molecule has 1 rings (SSSR count). The Morgan fingerprint density at radius 1 is 1.64 bits per heavy atom. The van der Waals surface area contributed by atoms with E-state index in [4.69, 9.17) is 20.1 Å². The summed E-state index contributed by atoms with van der Waals surface area (Å²) in [7, 11) is 0. The summed E-state index contributed by atoms with van der Waals surface area (Å²) in [6, 6.07) is 0. The molecule has 2 atom stereocenters. The van der Waals surface area contributed by atoms with Crippen LogP contribution in [0.1, 0.15) is 19.8 Å². The first-order chi connectivity index (χ1) is 6.46. The van der Waals surface area contributed by atoms with E-state index in [1.807, 2.05) is 6.92 Å². The first-order valence-corrected chi connectivity index (χ1v) is 4.68. The Balaban J connectivity index is 2.54. The minimum atomic E-state index is -2.30. The van der Waals surface area contributed by atoms with Gasteiger partial charge in [0.25, 0.3) is 5.97 Å². The first kappa shape index (κ1) is 11.6. The zero-order valence-corrected chi connectivity index (χ0v) is 8.14. The number of hydrogen-bond acceptors (Lipinski definition) is 5. The summed E-state index contributed by atoms with van der Waals surface area (Å²) in [5.41, 5.74) is 0. The number of aliphatic hydroxyl groups excluding tert-OH is 1. The van der Waals surface area contributed by atoms with Gasteiger partial charge in [0.15, 0.2) is 0 Å². The lowest BCUT2D eigenvalue weighted by Gasteiger charge is -2.33. The third-order valence-electron chi connectivity index (χ3n) is 2.58. The average Bonchev–Trinajstić information content (AvgIpc) is 2.02. The maximum Gasteiger partial charge on any atom is 0.285 e. The van der Waals surface area contributed by atoms with E-state index in [-0.39, 0.29) is 30.8 Å². The summed E-state index contributed by atoms with van der Waals surface area (Å²) < 4.78 is 4.72. The van der Waals surface area contributed by atoms with Gasteiger partial charge in [0, 0.05) is 12.5 Å². The van der Waals surface area contributed by atoms with Crippen LogP contribution < -0.4 is 0 Å². The molecular weight excluding hydrogens is 188 g/mol. The van der Waals surface area contributed by atoms with Crippen LogP contribution >= 0.6 is 0 Å². The Kier molecular flexibility index (Phi) is 3.60. The van der Waals surface area contributed by atoms with Gasteiger partial charge in [-0.1, -0.05) is 6.92 Å². The van der Waals surface area contributed by atoms with E-state index in [9.17, 15) is 4.79 Å². The van der Waals surface area contributed by atoms with Gasteiger partial charge in [-0.2, -0.15) is 0 Å². The minimum absolute atomic E-state index is 0.00333. The summed E-state index contributed by atoms with van der Waals surface area (Å²) in [4.78, 5) is 11.4. The molecule has 1 fully saturated rings. The van der Waals surface area contributed by atoms with Gasteiger partial charge >= 0.3 is 0 Å². The van der Waals surface area contributed by atoms with Crippen LogP contribution in [0, 0.1) is 11.8 Å². The third-order valence-corrected chi connectivity index (χ3v) is 2.58. The molecular formula is C9H16O5. The minimum Gasteiger partial charge on any atom is -0.396 e. The van der Waals surface area contributed by atoms with E-state index in [0.717, 1.165) is 0 Å². The van der Waals surface area contributed by atoms with Crippen molar-refractivity contribution in [3.05, 3.63) is 0 Å². The van der Waals surface area contributed by atoms with Crippen LogP contribution in [0.5, 0.6) is 0 Å². The Morgan fingerprint density at radius 3 is 2.79 bits per heavy atom. The summed E-state index contributed by atoms with van der Waals surface area (Å²) >= 11 is 0. The molecule has 0 radical (unpaired) electrons. The maximum atomic E-state index is 11.4. The Hall–Kier alpha value is -0.490. The highest BCUT2D eigenvalue weighted by Crippen LogP contribution is 2.27. The number of carbonyl (C=O) groups excluding carboxylic acids is 1. The number of ether oxygens (including phenoxy) is 1. The molecule has 5 heteroatoms. The fraction of sp³-hybridized carbons (Fsp3) is 0.889. The lowest BCUT2D eigenvalue weighted by Crippen LogP contribution is -2.46. The molecule has 1 aliphatic heterocycles. The molecule has 0 bridgehead atoms. The summed E-state index contributed by atoms with van der Waals surface area (Å²) in [6.07, 6.45) is 0.122. The predicted molar refractivity (Wildman–Crippen MR) is 47.1 cm³/mol. The number of rotatable bonds is 3. The quantitative estimate of drug-likeness (QED) is 0.526. The van der Waals surface area contributed by atoms with E-state index in [1.54, 1.807) is 0 Å². The fourth-order valence-corrected chi connectivity index (χ4v) is 1.61. The standard InChI is InChI=1S/C9H16O5/c1-6(2-3-10)7-5-14-9(12,13)4-8(7)11/h6-7,10,12-13H,2-5H2,1H3. The van der Waals surface area contributed by atoms with Crippen LogP contribution in [-0.4, -0.2) is 40.3 Å².